The molecular weight excluding hydrogens is 279 g/mol. The van der Waals surface area contributed by atoms with E-state index in [4.69, 9.17) is 11.6 Å². The Balaban J connectivity index is 2.23. The van der Waals surface area contributed by atoms with Crippen molar-refractivity contribution in [2.75, 3.05) is 0 Å². The summed E-state index contributed by atoms with van der Waals surface area (Å²) in [7, 11) is 0. The number of fused-ring (bicyclic) bond motifs is 2. The molecule has 1 heterocycles. The van der Waals surface area contributed by atoms with Gasteiger partial charge in [0, 0.05) is 11.1 Å². The average molecular weight is 288 g/mol. The van der Waals surface area contributed by atoms with Crippen molar-refractivity contribution in [1.82, 2.24) is 4.98 Å². The average Bonchev–Trinajstić information content (AvgIpc) is 2.77. The van der Waals surface area contributed by atoms with E-state index in [1.54, 1.807) is 6.07 Å². The number of ether oxygens (including phenoxy) is 1. The zero-order valence-electron chi connectivity index (χ0n) is 9.72. The number of aromatic nitrogens is 1. The van der Waals surface area contributed by atoms with Gasteiger partial charge in [0.1, 0.15) is 5.52 Å². The van der Waals surface area contributed by atoms with Crippen molar-refractivity contribution in [2.45, 2.75) is 25.6 Å². The van der Waals surface area contributed by atoms with Crippen LogP contribution < -0.4 is 4.74 Å². The minimum Gasteiger partial charge on any atom is -0.403 e. The third-order valence-corrected chi connectivity index (χ3v) is 3.59. The van der Waals surface area contributed by atoms with E-state index >= 15 is 0 Å². The first-order valence-electron chi connectivity index (χ1n) is 5.81. The van der Waals surface area contributed by atoms with Gasteiger partial charge >= 0.3 is 6.36 Å². The Labute approximate surface area is 112 Å². The van der Waals surface area contributed by atoms with Gasteiger partial charge in [-0.3, -0.25) is 0 Å². The summed E-state index contributed by atoms with van der Waals surface area (Å²) in [4.78, 5) is 4.29. The number of rotatable bonds is 1. The Hall–Kier alpha value is -1.49. The SMILES string of the molecule is FC(F)(F)Oc1cccc2c(Cl)c3c(nc12)CCC3. The van der Waals surface area contributed by atoms with Crippen LogP contribution in [0.25, 0.3) is 10.9 Å². The van der Waals surface area contributed by atoms with Crippen LogP contribution in [-0.4, -0.2) is 11.3 Å². The molecule has 1 aliphatic rings. The molecule has 2 aromatic rings. The maximum absolute atomic E-state index is 12.4. The number of alkyl halides is 3. The van der Waals surface area contributed by atoms with Crippen molar-refractivity contribution in [3.63, 3.8) is 0 Å². The maximum Gasteiger partial charge on any atom is 0.573 e. The lowest BCUT2D eigenvalue weighted by Gasteiger charge is -2.13. The van der Waals surface area contributed by atoms with Crippen LogP contribution in [0.3, 0.4) is 0 Å². The molecule has 0 saturated heterocycles. The van der Waals surface area contributed by atoms with Crippen LogP contribution in [0.2, 0.25) is 5.02 Å². The van der Waals surface area contributed by atoms with Gasteiger partial charge < -0.3 is 4.74 Å². The second-order valence-corrected chi connectivity index (χ2v) is 4.78. The highest BCUT2D eigenvalue weighted by Gasteiger charge is 2.32. The van der Waals surface area contributed by atoms with Crippen molar-refractivity contribution in [1.29, 1.82) is 0 Å². The molecule has 6 heteroatoms. The van der Waals surface area contributed by atoms with Crippen LogP contribution in [0.5, 0.6) is 5.75 Å². The van der Waals surface area contributed by atoms with E-state index in [0.29, 0.717) is 10.4 Å². The van der Waals surface area contributed by atoms with Gasteiger partial charge in [-0.25, -0.2) is 4.98 Å². The number of aryl methyl sites for hydroxylation is 1. The summed E-state index contributed by atoms with van der Waals surface area (Å²) in [6.07, 6.45) is -2.25. The molecule has 0 bridgehead atoms. The Bertz CT molecular complexity index is 654. The highest BCUT2D eigenvalue weighted by atomic mass is 35.5. The van der Waals surface area contributed by atoms with E-state index in [2.05, 4.69) is 9.72 Å². The zero-order valence-corrected chi connectivity index (χ0v) is 10.5. The van der Waals surface area contributed by atoms with Gasteiger partial charge in [-0.05, 0) is 30.9 Å². The van der Waals surface area contributed by atoms with Crippen LogP contribution in [0.1, 0.15) is 17.7 Å². The van der Waals surface area contributed by atoms with Gasteiger partial charge in [-0.15, -0.1) is 13.2 Å². The normalized spacial score (nSPS) is 14.7. The number of para-hydroxylation sites is 1. The Morgan fingerprint density at radius 1 is 1.21 bits per heavy atom. The highest BCUT2D eigenvalue weighted by Crippen LogP contribution is 2.38. The molecule has 0 radical (unpaired) electrons. The quantitative estimate of drug-likeness (QED) is 0.781. The molecule has 0 spiro atoms. The van der Waals surface area contributed by atoms with Crippen LogP contribution in [0.4, 0.5) is 13.2 Å². The molecular formula is C13H9ClF3NO. The molecule has 0 amide bonds. The van der Waals surface area contributed by atoms with Gasteiger partial charge in [0.05, 0.1) is 5.02 Å². The number of benzene rings is 1. The Kier molecular flexibility index (Phi) is 2.82. The number of hydrogen-bond acceptors (Lipinski definition) is 2. The minimum absolute atomic E-state index is 0.172. The standard InChI is InChI=1S/C13H9ClF3NO/c14-11-7-3-1-5-9(7)18-12-8(11)4-2-6-10(12)19-13(15,16)17/h2,4,6H,1,3,5H2. The molecule has 1 aromatic carbocycles. The molecule has 2 nitrogen and oxygen atoms in total. The summed E-state index contributed by atoms with van der Waals surface area (Å²) < 4.78 is 41.1. The molecule has 0 aliphatic heterocycles. The van der Waals surface area contributed by atoms with E-state index in [1.807, 2.05) is 0 Å². The number of pyridine rings is 1. The molecule has 1 aliphatic carbocycles. The summed E-state index contributed by atoms with van der Waals surface area (Å²) in [6, 6.07) is 4.39. The van der Waals surface area contributed by atoms with E-state index in [1.165, 1.54) is 12.1 Å². The molecule has 100 valence electrons. The van der Waals surface area contributed by atoms with Gasteiger partial charge in [0.2, 0.25) is 0 Å². The molecule has 0 fully saturated rings. The second kappa shape index (κ2) is 4.27. The highest BCUT2D eigenvalue weighted by molar-refractivity contribution is 6.36. The first-order valence-corrected chi connectivity index (χ1v) is 6.19. The lowest BCUT2D eigenvalue weighted by Crippen LogP contribution is -2.17. The van der Waals surface area contributed by atoms with E-state index in [9.17, 15) is 13.2 Å². The van der Waals surface area contributed by atoms with Crippen molar-refractivity contribution in [2.24, 2.45) is 0 Å². The molecule has 0 N–H and O–H groups in total. The summed E-state index contributed by atoms with van der Waals surface area (Å²) >= 11 is 6.25. The predicted molar refractivity (Wildman–Crippen MR) is 65.5 cm³/mol. The van der Waals surface area contributed by atoms with Gasteiger partial charge in [-0.1, -0.05) is 23.7 Å². The summed E-state index contributed by atoms with van der Waals surface area (Å²) in [5.41, 5.74) is 1.89. The first kappa shape index (κ1) is 12.5. The number of halogens is 4. The summed E-state index contributed by atoms with van der Waals surface area (Å²) in [6.45, 7) is 0. The zero-order chi connectivity index (χ0) is 13.6. The lowest BCUT2D eigenvalue weighted by molar-refractivity contribution is -0.274. The van der Waals surface area contributed by atoms with Crippen LogP contribution in [0, 0.1) is 0 Å². The fourth-order valence-electron chi connectivity index (χ4n) is 2.41. The smallest absolute Gasteiger partial charge is 0.403 e. The third-order valence-electron chi connectivity index (χ3n) is 3.16. The van der Waals surface area contributed by atoms with Crippen molar-refractivity contribution < 1.29 is 17.9 Å². The van der Waals surface area contributed by atoms with Gasteiger partial charge in [0.15, 0.2) is 5.75 Å². The summed E-state index contributed by atoms with van der Waals surface area (Å²) in [5, 5.41) is 0.995. The van der Waals surface area contributed by atoms with Crippen molar-refractivity contribution in [3.05, 3.63) is 34.5 Å². The lowest BCUT2D eigenvalue weighted by atomic mass is 10.1. The summed E-state index contributed by atoms with van der Waals surface area (Å²) in [5.74, 6) is -0.304. The first-order chi connectivity index (χ1) is 8.96. The van der Waals surface area contributed by atoms with E-state index < -0.39 is 6.36 Å². The van der Waals surface area contributed by atoms with E-state index in [0.717, 1.165) is 30.5 Å². The molecule has 3 rings (SSSR count). The maximum atomic E-state index is 12.4. The monoisotopic (exact) mass is 287 g/mol. The van der Waals surface area contributed by atoms with Gasteiger partial charge in [0.25, 0.3) is 0 Å². The van der Waals surface area contributed by atoms with Crippen molar-refractivity contribution >= 4 is 22.5 Å². The van der Waals surface area contributed by atoms with Crippen LogP contribution in [0.15, 0.2) is 18.2 Å². The van der Waals surface area contributed by atoms with Crippen LogP contribution in [-0.2, 0) is 12.8 Å². The fourth-order valence-corrected chi connectivity index (χ4v) is 2.76. The fraction of sp³-hybridized carbons (Fsp3) is 0.308. The van der Waals surface area contributed by atoms with Crippen molar-refractivity contribution in [3.8, 4) is 5.75 Å². The molecule has 0 saturated carbocycles. The Morgan fingerprint density at radius 2 is 2.00 bits per heavy atom. The number of hydrogen-bond donors (Lipinski definition) is 0. The molecule has 19 heavy (non-hydrogen) atoms. The van der Waals surface area contributed by atoms with E-state index in [-0.39, 0.29) is 11.3 Å². The molecule has 1 aromatic heterocycles. The molecule has 0 atom stereocenters. The predicted octanol–water partition coefficient (Wildman–Crippen LogP) is 4.28. The second-order valence-electron chi connectivity index (χ2n) is 4.40. The van der Waals surface area contributed by atoms with Gasteiger partial charge in [-0.2, -0.15) is 0 Å². The third kappa shape index (κ3) is 2.23. The molecule has 0 unspecified atom stereocenters. The number of nitrogens with zero attached hydrogens (tertiary/aromatic N) is 1. The Morgan fingerprint density at radius 3 is 2.74 bits per heavy atom. The minimum atomic E-state index is -4.73. The topological polar surface area (TPSA) is 22.1 Å². The largest absolute Gasteiger partial charge is 0.573 e. The van der Waals surface area contributed by atoms with Crippen LogP contribution >= 0.6 is 11.6 Å².